The van der Waals surface area contributed by atoms with Crippen LogP contribution >= 0.6 is 0 Å². The van der Waals surface area contributed by atoms with Crippen LogP contribution in [0.4, 0.5) is 13.2 Å². The van der Waals surface area contributed by atoms with E-state index in [-0.39, 0.29) is 16.7 Å². The van der Waals surface area contributed by atoms with E-state index >= 15 is 0 Å². The summed E-state index contributed by atoms with van der Waals surface area (Å²) in [7, 11) is 0. The van der Waals surface area contributed by atoms with Crippen LogP contribution in [0.3, 0.4) is 0 Å². The Bertz CT molecular complexity index is 837. The lowest BCUT2D eigenvalue weighted by Gasteiger charge is -2.16. The van der Waals surface area contributed by atoms with Crippen LogP contribution in [0, 0.1) is 17.5 Å². The largest absolute Gasteiger partial charge is 0.294 e. The van der Waals surface area contributed by atoms with Crippen LogP contribution in [0.25, 0.3) is 22.3 Å². The molecular formula is C20H13F3O. The first-order chi connectivity index (χ1) is 11.5. The van der Waals surface area contributed by atoms with E-state index in [9.17, 15) is 18.0 Å². The Labute approximate surface area is 137 Å². The number of rotatable bonds is 3. The average molecular weight is 326 g/mol. The van der Waals surface area contributed by atoms with Gasteiger partial charge in [0, 0.05) is 16.7 Å². The van der Waals surface area contributed by atoms with E-state index in [1.807, 2.05) is 0 Å². The summed E-state index contributed by atoms with van der Waals surface area (Å²) in [4.78, 5) is 12.2. The maximum atomic E-state index is 14.5. The standard InChI is InChI=1S/C20H13F3O/c1-12(24)15-16(13-8-4-2-5-9-13)18(21)20(23)19(22)17(15)14-10-6-3-7-11-14/h2-11H,1H3. The SMILES string of the molecule is CC(=O)c1c(-c2ccccc2)c(F)c(F)c(F)c1-c1ccccc1. The third-order valence-corrected chi connectivity index (χ3v) is 3.80. The van der Waals surface area contributed by atoms with Crippen molar-refractivity contribution in [3.05, 3.63) is 83.7 Å². The molecule has 0 spiro atoms. The van der Waals surface area contributed by atoms with Crippen molar-refractivity contribution >= 4 is 5.78 Å². The number of carbonyl (C=O) groups is 1. The van der Waals surface area contributed by atoms with E-state index in [0.29, 0.717) is 11.1 Å². The summed E-state index contributed by atoms with van der Waals surface area (Å²) in [6.45, 7) is 1.21. The summed E-state index contributed by atoms with van der Waals surface area (Å²) in [5.74, 6) is -4.84. The highest BCUT2D eigenvalue weighted by Gasteiger charge is 2.28. The molecule has 0 aliphatic rings. The van der Waals surface area contributed by atoms with Gasteiger partial charge in [-0.05, 0) is 18.1 Å². The quantitative estimate of drug-likeness (QED) is 0.449. The van der Waals surface area contributed by atoms with Crippen LogP contribution in [-0.4, -0.2) is 5.78 Å². The van der Waals surface area contributed by atoms with Gasteiger partial charge in [-0.2, -0.15) is 0 Å². The highest BCUT2D eigenvalue weighted by atomic mass is 19.2. The van der Waals surface area contributed by atoms with E-state index < -0.39 is 23.2 Å². The number of carbonyl (C=O) groups excluding carboxylic acids is 1. The minimum absolute atomic E-state index is 0.163. The summed E-state index contributed by atoms with van der Waals surface area (Å²) in [5, 5.41) is 0. The molecular weight excluding hydrogens is 313 g/mol. The molecule has 0 bridgehead atoms. The molecule has 24 heavy (non-hydrogen) atoms. The minimum Gasteiger partial charge on any atom is -0.294 e. The van der Waals surface area contributed by atoms with Gasteiger partial charge in [0.2, 0.25) is 0 Å². The van der Waals surface area contributed by atoms with E-state index in [2.05, 4.69) is 0 Å². The van der Waals surface area contributed by atoms with Crippen molar-refractivity contribution in [2.24, 2.45) is 0 Å². The maximum Gasteiger partial charge on any atom is 0.195 e. The number of hydrogen-bond donors (Lipinski definition) is 0. The van der Waals surface area contributed by atoms with Gasteiger partial charge in [0.15, 0.2) is 23.2 Å². The molecule has 120 valence electrons. The Kier molecular flexibility index (Phi) is 4.21. The van der Waals surface area contributed by atoms with Gasteiger partial charge in [-0.15, -0.1) is 0 Å². The van der Waals surface area contributed by atoms with Crippen LogP contribution in [0.15, 0.2) is 60.7 Å². The number of hydrogen-bond acceptors (Lipinski definition) is 1. The zero-order valence-corrected chi connectivity index (χ0v) is 12.8. The lowest BCUT2D eigenvalue weighted by Crippen LogP contribution is -2.08. The van der Waals surface area contributed by atoms with Crippen molar-refractivity contribution in [1.82, 2.24) is 0 Å². The molecule has 0 saturated carbocycles. The lowest BCUT2D eigenvalue weighted by molar-refractivity contribution is 0.101. The summed E-state index contributed by atoms with van der Waals surface area (Å²) < 4.78 is 43.2. The first kappa shape index (κ1) is 16.0. The van der Waals surface area contributed by atoms with Gasteiger partial charge in [-0.3, -0.25) is 4.79 Å². The molecule has 0 fully saturated rings. The van der Waals surface area contributed by atoms with Crippen molar-refractivity contribution in [3.8, 4) is 22.3 Å². The number of ketones is 1. The van der Waals surface area contributed by atoms with Crippen molar-refractivity contribution in [2.75, 3.05) is 0 Å². The molecule has 0 N–H and O–H groups in total. The van der Waals surface area contributed by atoms with Crippen molar-refractivity contribution in [3.63, 3.8) is 0 Å². The van der Waals surface area contributed by atoms with Gasteiger partial charge in [0.1, 0.15) is 0 Å². The molecule has 0 radical (unpaired) electrons. The smallest absolute Gasteiger partial charge is 0.195 e. The third-order valence-electron chi connectivity index (χ3n) is 3.80. The zero-order valence-electron chi connectivity index (χ0n) is 12.8. The molecule has 0 aliphatic carbocycles. The number of Topliss-reactive ketones (excluding diaryl/α,β-unsaturated/α-hetero) is 1. The molecule has 0 unspecified atom stereocenters. The average Bonchev–Trinajstić information content (AvgIpc) is 2.60. The molecule has 0 saturated heterocycles. The summed E-state index contributed by atoms with van der Waals surface area (Å²) in [6.07, 6.45) is 0. The highest BCUT2D eigenvalue weighted by Crippen LogP contribution is 2.38. The van der Waals surface area contributed by atoms with Crippen molar-refractivity contribution in [2.45, 2.75) is 6.92 Å². The normalized spacial score (nSPS) is 10.7. The number of benzene rings is 3. The molecule has 0 aromatic heterocycles. The van der Waals surface area contributed by atoms with Gasteiger partial charge in [0.05, 0.1) is 0 Å². The van der Waals surface area contributed by atoms with E-state index in [1.165, 1.54) is 6.92 Å². The molecule has 3 aromatic carbocycles. The van der Waals surface area contributed by atoms with Gasteiger partial charge >= 0.3 is 0 Å². The third kappa shape index (κ3) is 2.60. The molecule has 3 aromatic rings. The van der Waals surface area contributed by atoms with Crippen LogP contribution in [0.2, 0.25) is 0 Å². The Morgan fingerprint density at radius 1 is 0.667 bits per heavy atom. The van der Waals surface area contributed by atoms with Crippen LogP contribution in [0.1, 0.15) is 17.3 Å². The maximum absolute atomic E-state index is 14.5. The summed E-state index contributed by atoms with van der Waals surface area (Å²) >= 11 is 0. The fourth-order valence-electron chi connectivity index (χ4n) is 2.76. The summed E-state index contributed by atoms with van der Waals surface area (Å²) in [6, 6.07) is 16.2. The van der Waals surface area contributed by atoms with Gasteiger partial charge in [-0.25, -0.2) is 13.2 Å². The predicted octanol–water partition coefficient (Wildman–Crippen LogP) is 5.64. The Morgan fingerprint density at radius 3 is 1.38 bits per heavy atom. The van der Waals surface area contributed by atoms with E-state index in [0.717, 1.165) is 0 Å². The molecule has 3 rings (SSSR count). The molecule has 0 amide bonds. The van der Waals surface area contributed by atoms with Gasteiger partial charge < -0.3 is 0 Å². The van der Waals surface area contributed by atoms with Gasteiger partial charge in [-0.1, -0.05) is 60.7 Å². The fraction of sp³-hybridized carbons (Fsp3) is 0.0500. The van der Waals surface area contributed by atoms with Gasteiger partial charge in [0.25, 0.3) is 0 Å². The minimum atomic E-state index is -1.59. The second kappa shape index (κ2) is 6.32. The molecule has 0 heterocycles. The first-order valence-corrected chi connectivity index (χ1v) is 7.34. The predicted molar refractivity (Wildman–Crippen MR) is 87.2 cm³/mol. The molecule has 4 heteroatoms. The van der Waals surface area contributed by atoms with Crippen molar-refractivity contribution in [1.29, 1.82) is 0 Å². The van der Waals surface area contributed by atoms with Crippen LogP contribution in [-0.2, 0) is 0 Å². The lowest BCUT2D eigenvalue weighted by atomic mass is 9.88. The second-order valence-corrected chi connectivity index (χ2v) is 5.36. The number of halogens is 3. The van der Waals surface area contributed by atoms with Crippen LogP contribution < -0.4 is 0 Å². The van der Waals surface area contributed by atoms with Crippen molar-refractivity contribution < 1.29 is 18.0 Å². The van der Waals surface area contributed by atoms with Crippen LogP contribution in [0.5, 0.6) is 0 Å². The highest BCUT2D eigenvalue weighted by molar-refractivity contribution is 6.07. The first-order valence-electron chi connectivity index (χ1n) is 7.34. The van der Waals surface area contributed by atoms with E-state index in [1.54, 1.807) is 60.7 Å². The fourth-order valence-corrected chi connectivity index (χ4v) is 2.76. The monoisotopic (exact) mass is 326 g/mol. The molecule has 0 aliphatic heterocycles. The zero-order chi connectivity index (χ0) is 17.3. The van der Waals surface area contributed by atoms with E-state index in [4.69, 9.17) is 0 Å². The topological polar surface area (TPSA) is 17.1 Å². The Hall–Kier alpha value is -2.88. The Morgan fingerprint density at radius 2 is 1.04 bits per heavy atom. The molecule has 0 atom stereocenters. The molecule has 1 nitrogen and oxygen atoms in total. The Balaban J connectivity index is 2.47. The second-order valence-electron chi connectivity index (χ2n) is 5.36. The summed E-state index contributed by atoms with van der Waals surface area (Å²) in [5.41, 5.74) is 0.0260.